The van der Waals surface area contributed by atoms with Crippen LogP contribution in [0.15, 0.2) is 41.8 Å². The van der Waals surface area contributed by atoms with Gasteiger partial charge in [0.05, 0.1) is 31.2 Å². The molecule has 0 aliphatic rings. The zero-order chi connectivity index (χ0) is 19.2. The lowest BCUT2D eigenvalue weighted by molar-refractivity contribution is 0.0923. The summed E-state index contributed by atoms with van der Waals surface area (Å²) in [5, 5.41) is 21.6. The normalized spacial score (nSPS) is 12.0. The first kappa shape index (κ1) is 19.3. The third kappa shape index (κ3) is 4.44. The van der Waals surface area contributed by atoms with Crippen molar-refractivity contribution in [2.24, 2.45) is 0 Å². The molecule has 0 aliphatic heterocycles. The number of benzene rings is 1. The molecule has 0 saturated carbocycles. The Morgan fingerprint density at radius 2 is 1.78 bits per heavy atom. The highest BCUT2D eigenvalue weighted by molar-refractivity contribution is 7.13. The number of hydrogen-bond acceptors (Lipinski definition) is 7. The van der Waals surface area contributed by atoms with Crippen LogP contribution in [0.5, 0.6) is 11.5 Å². The Labute approximate surface area is 162 Å². The average Bonchev–Trinajstić information content (AvgIpc) is 3.19. The molecule has 0 amide bonds. The van der Waals surface area contributed by atoms with E-state index in [1.807, 2.05) is 43.5 Å². The van der Waals surface area contributed by atoms with E-state index in [0.29, 0.717) is 41.8 Å². The van der Waals surface area contributed by atoms with E-state index in [0.717, 1.165) is 10.6 Å². The molecule has 2 heterocycles. The monoisotopic (exact) mass is 386 g/mol. The minimum absolute atomic E-state index is 0.370. The third-order valence-electron chi connectivity index (χ3n) is 3.84. The number of thiazole rings is 1. The van der Waals surface area contributed by atoms with Gasteiger partial charge in [0.25, 0.3) is 0 Å². The molecule has 0 bridgehead atoms. The number of nitrogens with zero attached hydrogens (tertiary/aromatic N) is 2. The first-order valence-electron chi connectivity index (χ1n) is 8.78. The van der Waals surface area contributed by atoms with Crippen LogP contribution < -0.4 is 9.47 Å². The zero-order valence-corrected chi connectivity index (χ0v) is 16.1. The number of hydrogen-bond donors (Lipinski definition) is 2. The van der Waals surface area contributed by atoms with E-state index >= 15 is 0 Å². The molecule has 0 saturated heterocycles. The van der Waals surface area contributed by atoms with Crippen molar-refractivity contribution in [3.63, 3.8) is 0 Å². The van der Waals surface area contributed by atoms with Crippen LogP contribution in [0.2, 0.25) is 0 Å². The Balaban J connectivity index is 1.91. The van der Waals surface area contributed by atoms with Crippen LogP contribution in [0.1, 0.15) is 25.6 Å². The summed E-state index contributed by atoms with van der Waals surface area (Å²) in [7, 11) is 0. The van der Waals surface area contributed by atoms with Crippen molar-refractivity contribution in [3.05, 3.63) is 47.5 Å². The SMILES string of the molecule is CCOc1ccc(-c2nc(-c3cccc(C(O)CO)n3)cs2)cc1OCC. The highest BCUT2D eigenvalue weighted by Crippen LogP contribution is 2.35. The highest BCUT2D eigenvalue weighted by Gasteiger charge is 2.13. The van der Waals surface area contributed by atoms with Crippen LogP contribution in [0.25, 0.3) is 22.0 Å². The molecule has 0 radical (unpaired) electrons. The molecular formula is C20H22N2O4S. The second-order valence-corrected chi connectivity index (χ2v) is 6.57. The number of pyridine rings is 1. The number of ether oxygens (including phenoxy) is 2. The van der Waals surface area contributed by atoms with Crippen LogP contribution >= 0.6 is 11.3 Å². The van der Waals surface area contributed by atoms with E-state index < -0.39 is 6.10 Å². The molecule has 1 atom stereocenters. The molecule has 142 valence electrons. The maximum absolute atomic E-state index is 9.78. The van der Waals surface area contributed by atoms with Gasteiger partial charge in [0, 0.05) is 10.9 Å². The van der Waals surface area contributed by atoms with Gasteiger partial charge in [-0.05, 0) is 44.2 Å². The molecule has 1 aromatic carbocycles. The van der Waals surface area contributed by atoms with Gasteiger partial charge in [0.15, 0.2) is 11.5 Å². The smallest absolute Gasteiger partial charge is 0.161 e. The Kier molecular flexibility index (Phi) is 6.39. The van der Waals surface area contributed by atoms with Crippen LogP contribution in [0, 0.1) is 0 Å². The van der Waals surface area contributed by atoms with Crippen molar-refractivity contribution in [1.82, 2.24) is 9.97 Å². The molecule has 2 N–H and O–H groups in total. The van der Waals surface area contributed by atoms with Gasteiger partial charge in [-0.1, -0.05) is 6.07 Å². The van der Waals surface area contributed by atoms with Crippen molar-refractivity contribution in [2.75, 3.05) is 19.8 Å². The van der Waals surface area contributed by atoms with Gasteiger partial charge in [0.2, 0.25) is 0 Å². The molecule has 7 heteroatoms. The molecule has 0 spiro atoms. The van der Waals surface area contributed by atoms with Crippen LogP contribution in [-0.4, -0.2) is 40.0 Å². The lowest BCUT2D eigenvalue weighted by atomic mass is 10.2. The number of aliphatic hydroxyl groups excluding tert-OH is 2. The fraction of sp³-hybridized carbons (Fsp3) is 0.300. The van der Waals surface area contributed by atoms with Crippen LogP contribution in [0.4, 0.5) is 0 Å². The summed E-state index contributed by atoms with van der Waals surface area (Å²) in [5.41, 5.74) is 2.72. The standard InChI is InChI=1S/C20H22N2O4S/c1-3-25-18-9-8-13(10-19(18)26-4-2)20-22-16(12-27-20)14-6-5-7-15(21-14)17(24)11-23/h5-10,12,17,23-24H,3-4,11H2,1-2H3. The van der Waals surface area contributed by atoms with E-state index in [1.165, 1.54) is 11.3 Å². The minimum Gasteiger partial charge on any atom is -0.490 e. The first-order valence-corrected chi connectivity index (χ1v) is 9.66. The maximum atomic E-state index is 9.78. The summed E-state index contributed by atoms with van der Waals surface area (Å²) < 4.78 is 11.3. The average molecular weight is 386 g/mol. The van der Waals surface area contributed by atoms with E-state index in [1.54, 1.807) is 12.1 Å². The minimum atomic E-state index is -0.997. The van der Waals surface area contributed by atoms with Crippen LogP contribution in [-0.2, 0) is 0 Å². The van der Waals surface area contributed by atoms with Gasteiger partial charge in [-0.3, -0.25) is 0 Å². The Hall–Kier alpha value is -2.48. The molecular weight excluding hydrogens is 364 g/mol. The summed E-state index contributed by atoms with van der Waals surface area (Å²) in [5.74, 6) is 1.41. The quantitative estimate of drug-likeness (QED) is 0.614. The fourth-order valence-corrected chi connectivity index (χ4v) is 3.39. The van der Waals surface area contributed by atoms with Crippen molar-refractivity contribution in [3.8, 4) is 33.5 Å². The predicted molar refractivity (Wildman–Crippen MR) is 105 cm³/mol. The molecule has 27 heavy (non-hydrogen) atoms. The number of rotatable bonds is 8. The van der Waals surface area contributed by atoms with Crippen molar-refractivity contribution >= 4 is 11.3 Å². The highest BCUT2D eigenvalue weighted by atomic mass is 32.1. The summed E-state index contributed by atoms with van der Waals surface area (Å²) in [6.45, 7) is 4.62. The molecule has 0 fully saturated rings. The van der Waals surface area contributed by atoms with Gasteiger partial charge in [0.1, 0.15) is 16.8 Å². The van der Waals surface area contributed by atoms with Gasteiger partial charge < -0.3 is 19.7 Å². The van der Waals surface area contributed by atoms with Gasteiger partial charge >= 0.3 is 0 Å². The second kappa shape index (κ2) is 8.94. The lowest BCUT2D eigenvalue weighted by Gasteiger charge is -2.11. The first-order chi connectivity index (χ1) is 13.2. The van der Waals surface area contributed by atoms with E-state index in [9.17, 15) is 5.11 Å². The fourth-order valence-electron chi connectivity index (χ4n) is 2.58. The molecule has 1 unspecified atom stereocenters. The third-order valence-corrected chi connectivity index (χ3v) is 4.73. The van der Waals surface area contributed by atoms with E-state index in [2.05, 4.69) is 9.97 Å². The second-order valence-electron chi connectivity index (χ2n) is 5.71. The van der Waals surface area contributed by atoms with Gasteiger partial charge in [-0.2, -0.15) is 0 Å². The summed E-state index contributed by atoms with van der Waals surface area (Å²) >= 11 is 1.50. The van der Waals surface area contributed by atoms with Gasteiger partial charge in [-0.25, -0.2) is 9.97 Å². The number of aliphatic hydroxyl groups is 2. The Morgan fingerprint density at radius 3 is 2.52 bits per heavy atom. The van der Waals surface area contributed by atoms with E-state index in [4.69, 9.17) is 14.6 Å². The molecule has 2 aromatic heterocycles. The lowest BCUT2D eigenvalue weighted by Crippen LogP contribution is -2.05. The van der Waals surface area contributed by atoms with Crippen molar-refractivity contribution in [1.29, 1.82) is 0 Å². The molecule has 0 aliphatic carbocycles. The van der Waals surface area contributed by atoms with Crippen LogP contribution in [0.3, 0.4) is 0 Å². The Morgan fingerprint density at radius 1 is 1.00 bits per heavy atom. The Bertz CT molecular complexity index is 897. The molecule has 3 aromatic rings. The maximum Gasteiger partial charge on any atom is 0.161 e. The molecule has 3 rings (SSSR count). The van der Waals surface area contributed by atoms with Crippen molar-refractivity contribution < 1.29 is 19.7 Å². The largest absolute Gasteiger partial charge is 0.490 e. The number of aromatic nitrogens is 2. The zero-order valence-electron chi connectivity index (χ0n) is 15.3. The summed E-state index contributed by atoms with van der Waals surface area (Å²) in [6.07, 6.45) is -0.997. The van der Waals surface area contributed by atoms with E-state index in [-0.39, 0.29) is 6.61 Å². The summed E-state index contributed by atoms with van der Waals surface area (Å²) in [4.78, 5) is 9.07. The van der Waals surface area contributed by atoms with Gasteiger partial charge in [-0.15, -0.1) is 11.3 Å². The molecule has 6 nitrogen and oxygen atoms in total. The summed E-state index contributed by atoms with van der Waals surface area (Å²) in [6, 6.07) is 11.1. The topological polar surface area (TPSA) is 84.7 Å². The predicted octanol–water partition coefficient (Wildman–Crippen LogP) is 3.70. The van der Waals surface area contributed by atoms with Crippen molar-refractivity contribution in [2.45, 2.75) is 20.0 Å².